The molecule has 1 aliphatic rings. The minimum Gasteiger partial charge on any atom is -0.483 e. The highest BCUT2D eigenvalue weighted by Gasteiger charge is 2.16. The lowest BCUT2D eigenvalue weighted by molar-refractivity contribution is 0.147. The minimum atomic E-state index is -0.185. The Kier molecular flexibility index (Phi) is 3.62. The van der Waals surface area contributed by atoms with E-state index in [2.05, 4.69) is 25.1 Å². The molecule has 0 aliphatic carbocycles. The third-order valence-electron chi connectivity index (χ3n) is 2.87. The summed E-state index contributed by atoms with van der Waals surface area (Å²) < 4.78 is 5.77. The Balaban J connectivity index is 2.25. The average molecular weight is 218 g/mol. The van der Waals surface area contributed by atoms with E-state index in [-0.39, 0.29) is 12.7 Å². The number of para-hydroxylation sites is 1. The molecule has 1 atom stereocenters. The molecule has 1 N–H and O–H groups in total. The smallest absolute Gasteiger partial charge is 0.140 e. The van der Waals surface area contributed by atoms with Crippen molar-refractivity contribution in [2.24, 2.45) is 0 Å². The first-order valence-electron chi connectivity index (χ1n) is 5.92. The highest BCUT2D eigenvalue weighted by atomic mass is 16.5. The van der Waals surface area contributed by atoms with Crippen LogP contribution in [0, 0.1) is 0 Å². The third kappa shape index (κ3) is 2.27. The van der Waals surface area contributed by atoms with Crippen LogP contribution in [0.1, 0.15) is 30.9 Å². The fourth-order valence-corrected chi connectivity index (χ4v) is 1.94. The zero-order valence-electron chi connectivity index (χ0n) is 9.65. The lowest BCUT2D eigenvalue weighted by Crippen LogP contribution is -2.21. The van der Waals surface area contributed by atoms with E-state index in [0.29, 0.717) is 0 Å². The number of rotatable bonds is 4. The summed E-state index contributed by atoms with van der Waals surface area (Å²) in [5.41, 5.74) is 2.38. The van der Waals surface area contributed by atoms with Crippen LogP contribution in [0.2, 0.25) is 0 Å². The second-order valence-corrected chi connectivity index (χ2v) is 4.14. The molecule has 0 fully saturated rings. The Morgan fingerprint density at radius 3 is 3.00 bits per heavy atom. The van der Waals surface area contributed by atoms with Crippen molar-refractivity contribution < 1.29 is 9.84 Å². The Morgan fingerprint density at radius 1 is 1.38 bits per heavy atom. The molecule has 1 unspecified atom stereocenters. The summed E-state index contributed by atoms with van der Waals surface area (Å²) in [7, 11) is 0. The normalized spacial score (nSPS) is 18.0. The maximum atomic E-state index is 9.11. The highest BCUT2D eigenvalue weighted by Crippen LogP contribution is 2.30. The molecule has 0 bridgehead atoms. The van der Waals surface area contributed by atoms with E-state index in [1.807, 2.05) is 12.2 Å². The summed E-state index contributed by atoms with van der Waals surface area (Å²) in [5.74, 6) is 0.956. The second-order valence-electron chi connectivity index (χ2n) is 4.14. The summed E-state index contributed by atoms with van der Waals surface area (Å²) in [6, 6.07) is 6.23. The van der Waals surface area contributed by atoms with Gasteiger partial charge in [-0.2, -0.15) is 0 Å². The number of fused-ring (bicyclic) bond motifs is 1. The first-order valence-corrected chi connectivity index (χ1v) is 5.92. The molecule has 0 aromatic heterocycles. The standard InChI is InChI=1S/C14H18O2/c1-2-3-5-11-6-4-7-12-8-9-13(10-15)16-14(11)12/h4,6-9,13,15H,2-3,5,10H2,1H3. The number of unbranched alkanes of at least 4 members (excludes halogenated alkanes) is 1. The number of ether oxygens (including phenoxy) is 1. The Labute approximate surface area is 96.6 Å². The second kappa shape index (κ2) is 5.17. The molecule has 86 valence electrons. The summed E-state index contributed by atoms with van der Waals surface area (Å²) in [5, 5.41) is 9.11. The van der Waals surface area contributed by atoms with Gasteiger partial charge in [-0.05, 0) is 24.5 Å². The molecule has 1 aliphatic heterocycles. The van der Waals surface area contributed by atoms with Gasteiger partial charge in [0.25, 0.3) is 0 Å². The van der Waals surface area contributed by atoms with Crippen molar-refractivity contribution in [2.75, 3.05) is 6.61 Å². The lowest BCUT2D eigenvalue weighted by Gasteiger charge is -2.22. The molecule has 1 aromatic carbocycles. The van der Waals surface area contributed by atoms with Gasteiger partial charge in [-0.15, -0.1) is 0 Å². The van der Waals surface area contributed by atoms with Gasteiger partial charge in [0, 0.05) is 5.56 Å². The fraction of sp³-hybridized carbons (Fsp3) is 0.429. The van der Waals surface area contributed by atoms with E-state index in [1.165, 1.54) is 18.4 Å². The van der Waals surface area contributed by atoms with Gasteiger partial charge in [0.05, 0.1) is 6.61 Å². The van der Waals surface area contributed by atoms with Crippen molar-refractivity contribution in [1.82, 2.24) is 0 Å². The lowest BCUT2D eigenvalue weighted by atomic mass is 10.0. The van der Waals surface area contributed by atoms with Crippen LogP contribution in [-0.2, 0) is 6.42 Å². The monoisotopic (exact) mass is 218 g/mol. The summed E-state index contributed by atoms with van der Waals surface area (Å²) in [6.07, 6.45) is 7.17. The van der Waals surface area contributed by atoms with E-state index >= 15 is 0 Å². The zero-order chi connectivity index (χ0) is 11.4. The molecule has 1 aromatic rings. The molecule has 2 heteroatoms. The van der Waals surface area contributed by atoms with Crippen LogP contribution in [0.3, 0.4) is 0 Å². The maximum Gasteiger partial charge on any atom is 0.140 e. The fourth-order valence-electron chi connectivity index (χ4n) is 1.94. The molecule has 0 saturated heterocycles. The van der Waals surface area contributed by atoms with Crippen molar-refractivity contribution >= 4 is 6.08 Å². The molecule has 0 radical (unpaired) electrons. The largest absolute Gasteiger partial charge is 0.483 e. The topological polar surface area (TPSA) is 29.5 Å². The van der Waals surface area contributed by atoms with Gasteiger partial charge in [0.2, 0.25) is 0 Å². The van der Waals surface area contributed by atoms with Crippen LogP contribution >= 0.6 is 0 Å². The van der Waals surface area contributed by atoms with Gasteiger partial charge in [-0.25, -0.2) is 0 Å². The quantitative estimate of drug-likeness (QED) is 0.842. The number of hydrogen-bond donors (Lipinski definition) is 1. The van der Waals surface area contributed by atoms with E-state index in [1.54, 1.807) is 0 Å². The number of aryl methyl sites for hydroxylation is 1. The molecular weight excluding hydrogens is 200 g/mol. The number of aliphatic hydroxyl groups excluding tert-OH is 1. The highest BCUT2D eigenvalue weighted by molar-refractivity contribution is 5.62. The van der Waals surface area contributed by atoms with E-state index in [4.69, 9.17) is 9.84 Å². The van der Waals surface area contributed by atoms with Crippen molar-refractivity contribution in [2.45, 2.75) is 32.3 Å². The van der Waals surface area contributed by atoms with Gasteiger partial charge in [0.15, 0.2) is 0 Å². The number of hydrogen-bond acceptors (Lipinski definition) is 2. The molecule has 2 nitrogen and oxygen atoms in total. The number of benzene rings is 1. The van der Waals surface area contributed by atoms with Crippen molar-refractivity contribution in [3.8, 4) is 5.75 Å². The summed E-state index contributed by atoms with van der Waals surface area (Å²) in [4.78, 5) is 0. The van der Waals surface area contributed by atoms with Crippen LogP contribution in [0.15, 0.2) is 24.3 Å². The van der Waals surface area contributed by atoms with Crippen LogP contribution < -0.4 is 4.74 Å². The first kappa shape index (κ1) is 11.2. The molecule has 0 spiro atoms. The van der Waals surface area contributed by atoms with Crippen molar-refractivity contribution in [3.05, 3.63) is 35.4 Å². The summed E-state index contributed by atoms with van der Waals surface area (Å²) in [6.45, 7) is 2.23. The minimum absolute atomic E-state index is 0.0397. The zero-order valence-corrected chi connectivity index (χ0v) is 9.65. The molecule has 0 amide bonds. The van der Waals surface area contributed by atoms with E-state index < -0.39 is 0 Å². The van der Waals surface area contributed by atoms with Crippen LogP contribution in [0.4, 0.5) is 0 Å². The van der Waals surface area contributed by atoms with Crippen molar-refractivity contribution in [3.63, 3.8) is 0 Å². The predicted molar refractivity (Wildman–Crippen MR) is 65.6 cm³/mol. The Bertz CT molecular complexity index is 382. The Hall–Kier alpha value is -1.28. The molecule has 1 heterocycles. The van der Waals surface area contributed by atoms with Gasteiger partial charge in [0.1, 0.15) is 11.9 Å². The molecule has 0 saturated carbocycles. The number of aliphatic hydroxyl groups is 1. The summed E-state index contributed by atoms with van der Waals surface area (Å²) >= 11 is 0. The van der Waals surface area contributed by atoms with Gasteiger partial charge in [-0.1, -0.05) is 37.6 Å². The van der Waals surface area contributed by atoms with Crippen molar-refractivity contribution in [1.29, 1.82) is 0 Å². The van der Waals surface area contributed by atoms with Crippen LogP contribution in [0.5, 0.6) is 5.75 Å². The van der Waals surface area contributed by atoms with Gasteiger partial charge in [-0.3, -0.25) is 0 Å². The van der Waals surface area contributed by atoms with Crippen LogP contribution in [0.25, 0.3) is 6.08 Å². The Morgan fingerprint density at radius 2 is 2.25 bits per heavy atom. The molecular formula is C14H18O2. The molecule has 16 heavy (non-hydrogen) atoms. The molecule has 2 rings (SSSR count). The third-order valence-corrected chi connectivity index (χ3v) is 2.87. The van der Waals surface area contributed by atoms with Gasteiger partial charge < -0.3 is 9.84 Å². The van der Waals surface area contributed by atoms with Crippen LogP contribution in [-0.4, -0.2) is 17.8 Å². The SMILES string of the molecule is CCCCc1cccc2c1OC(CO)C=C2. The van der Waals surface area contributed by atoms with E-state index in [9.17, 15) is 0 Å². The van der Waals surface area contributed by atoms with Gasteiger partial charge >= 0.3 is 0 Å². The van der Waals surface area contributed by atoms with E-state index in [0.717, 1.165) is 17.7 Å². The first-order chi connectivity index (χ1) is 7.85. The predicted octanol–water partition coefficient (Wildman–Crippen LogP) is 2.80. The average Bonchev–Trinajstić information content (AvgIpc) is 2.35. The maximum absolute atomic E-state index is 9.11.